The molecular weight excluding hydrogens is 118 g/mol. The Labute approximate surface area is 53.8 Å². The quantitative estimate of drug-likeness (QED) is 0.272. The van der Waals surface area contributed by atoms with Gasteiger partial charge in [-0.25, -0.2) is 4.58 Å². The number of nitrogens with two attached hydrogens (primary N) is 2. The summed E-state index contributed by atoms with van der Waals surface area (Å²) < 4.78 is 1.60. The minimum atomic E-state index is -0.449. The number of aliphatic hydroxyl groups is 1. The van der Waals surface area contributed by atoms with Gasteiger partial charge in [0.1, 0.15) is 0 Å². The van der Waals surface area contributed by atoms with Gasteiger partial charge in [0.05, 0.1) is 6.54 Å². The van der Waals surface area contributed by atoms with Crippen molar-refractivity contribution >= 4 is 5.96 Å². The molecule has 0 aromatic carbocycles. The minimum Gasteiger partial charge on any atom is -0.361 e. The van der Waals surface area contributed by atoms with Gasteiger partial charge in [-0.2, -0.15) is 0 Å². The second-order valence-corrected chi connectivity index (χ2v) is 2.24. The first-order valence-corrected chi connectivity index (χ1v) is 3.04. The number of guanidine groups is 1. The molecule has 0 saturated carbocycles. The van der Waals surface area contributed by atoms with Crippen LogP contribution >= 0.6 is 0 Å². The van der Waals surface area contributed by atoms with Crippen LogP contribution in [-0.2, 0) is 0 Å². The summed E-state index contributed by atoms with van der Waals surface area (Å²) in [6.07, 6.45) is 1.30. The highest BCUT2D eigenvalue weighted by atomic mass is 16.3. The van der Waals surface area contributed by atoms with Crippen molar-refractivity contribution in [2.24, 2.45) is 11.5 Å². The summed E-state index contributed by atoms with van der Waals surface area (Å²) in [6, 6.07) is 0. The monoisotopic (exact) mass is 130 g/mol. The number of rotatable bonds is 0. The number of nitrogens with zero attached hydrogens (tertiary/aromatic N) is 1. The molecule has 0 radical (unpaired) electrons. The van der Waals surface area contributed by atoms with Gasteiger partial charge in [-0.3, -0.25) is 11.5 Å². The molecule has 0 amide bonds. The van der Waals surface area contributed by atoms with Crippen LogP contribution in [0.15, 0.2) is 0 Å². The Morgan fingerprint density at radius 3 is 2.44 bits per heavy atom. The van der Waals surface area contributed by atoms with Crippen molar-refractivity contribution in [3.63, 3.8) is 0 Å². The summed E-state index contributed by atoms with van der Waals surface area (Å²) in [5.74, 6) is 0.222. The van der Waals surface area contributed by atoms with E-state index < -0.39 is 6.23 Å². The van der Waals surface area contributed by atoms with Crippen molar-refractivity contribution < 1.29 is 9.68 Å². The van der Waals surface area contributed by atoms with Crippen LogP contribution < -0.4 is 11.5 Å². The lowest BCUT2D eigenvalue weighted by atomic mass is 10.4. The summed E-state index contributed by atoms with van der Waals surface area (Å²) >= 11 is 0. The summed E-state index contributed by atoms with van der Waals surface area (Å²) in [4.78, 5) is 0. The molecule has 0 unspecified atom stereocenters. The topological polar surface area (TPSA) is 75.3 Å². The summed E-state index contributed by atoms with van der Waals surface area (Å²) in [7, 11) is 0. The van der Waals surface area contributed by atoms with Crippen LogP contribution in [0.3, 0.4) is 0 Å². The maximum atomic E-state index is 9.10. The van der Waals surface area contributed by atoms with Crippen LogP contribution in [0.4, 0.5) is 0 Å². The first kappa shape index (κ1) is 6.35. The van der Waals surface area contributed by atoms with Crippen molar-refractivity contribution in [3.8, 4) is 0 Å². The fourth-order valence-corrected chi connectivity index (χ4v) is 1.05. The Kier molecular flexibility index (Phi) is 1.57. The van der Waals surface area contributed by atoms with Gasteiger partial charge in [-0.15, -0.1) is 0 Å². The molecule has 1 aliphatic heterocycles. The zero-order chi connectivity index (χ0) is 6.85. The lowest BCUT2D eigenvalue weighted by molar-refractivity contribution is -0.588. The molecule has 1 fully saturated rings. The highest BCUT2D eigenvalue weighted by Crippen LogP contribution is 2.07. The van der Waals surface area contributed by atoms with E-state index in [-0.39, 0.29) is 5.96 Å². The van der Waals surface area contributed by atoms with E-state index in [4.69, 9.17) is 16.6 Å². The number of hydrogen-bond donors (Lipinski definition) is 3. The molecule has 0 spiro atoms. The first-order valence-electron chi connectivity index (χ1n) is 3.04. The van der Waals surface area contributed by atoms with E-state index in [0.717, 1.165) is 19.4 Å². The zero-order valence-corrected chi connectivity index (χ0v) is 5.25. The SMILES string of the molecule is NC(N)=[N+]1CCC[C@H]1O. The van der Waals surface area contributed by atoms with Crippen LogP contribution in [0.5, 0.6) is 0 Å². The Morgan fingerprint density at radius 1 is 1.56 bits per heavy atom. The third-order valence-electron chi connectivity index (χ3n) is 1.55. The van der Waals surface area contributed by atoms with Gasteiger partial charge in [0.2, 0.25) is 0 Å². The van der Waals surface area contributed by atoms with E-state index in [9.17, 15) is 0 Å². The van der Waals surface area contributed by atoms with E-state index in [1.807, 2.05) is 0 Å². The predicted octanol–water partition coefficient (Wildman–Crippen LogP) is -1.62. The van der Waals surface area contributed by atoms with E-state index >= 15 is 0 Å². The maximum absolute atomic E-state index is 9.10. The maximum Gasteiger partial charge on any atom is 0.343 e. The van der Waals surface area contributed by atoms with Gasteiger partial charge < -0.3 is 5.11 Å². The second kappa shape index (κ2) is 2.23. The molecule has 4 nitrogen and oxygen atoms in total. The predicted molar refractivity (Wildman–Crippen MR) is 33.8 cm³/mol. The number of hydrogen-bond acceptors (Lipinski definition) is 1. The van der Waals surface area contributed by atoms with E-state index in [1.165, 1.54) is 0 Å². The molecular formula is C5H12N3O+. The van der Waals surface area contributed by atoms with Crippen molar-refractivity contribution in [2.45, 2.75) is 19.1 Å². The van der Waals surface area contributed by atoms with Gasteiger partial charge in [-0.05, 0) is 6.42 Å². The Balaban J connectivity index is 2.70. The Morgan fingerprint density at radius 2 is 2.22 bits per heavy atom. The summed E-state index contributed by atoms with van der Waals surface area (Å²) in [5, 5.41) is 9.10. The normalized spacial score (nSPS) is 26.8. The highest BCUT2D eigenvalue weighted by molar-refractivity contribution is 5.70. The molecule has 4 heteroatoms. The van der Waals surface area contributed by atoms with Crippen molar-refractivity contribution in [2.75, 3.05) is 6.54 Å². The Hall–Kier alpha value is -0.770. The molecule has 5 N–H and O–H groups in total. The highest BCUT2D eigenvalue weighted by Gasteiger charge is 2.21. The van der Waals surface area contributed by atoms with Gasteiger partial charge in [0, 0.05) is 6.42 Å². The van der Waals surface area contributed by atoms with Crippen molar-refractivity contribution in [3.05, 3.63) is 0 Å². The largest absolute Gasteiger partial charge is 0.361 e. The lowest BCUT2D eigenvalue weighted by Gasteiger charge is -2.03. The molecule has 1 heterocycles. The van der Waals surface area contributed by atoms with Crippen molar-refractivity contribution in [1.29, 1.82) is 0 Å². The van der Waals surface area contributed by atoms with Crippen LogP contribution in [0.2, 0.25) is 0 Å². The van der Waals surface area contributed by atoms with Crippen LogP contribution in [0.1, 0.15) is 12.8 Å². The molecule has 1 rings (SSSR count). The smallest absolute Gasteiger partial charge is 0.343 e. The third kappa shape index (κ3) is 1.13. The number of aliphatic hydroxyl groups excluding tert-OH is 1. The van der Waals surface area contributed by atoms with Crippen molar-refractivity contribution in [1.82, 2.24) is 0 Å². The first-order chi connectivity index (χ1) is 4.22. The average Bonchev–Trinajstić information content (AvgIpc) is 2.13. The van der Waals surface area contributed by atoms with Gasteiger partial charge in [0.15, 0.2) is 6.23 Å². The molecule has 0 aromatic heterocycles. The molecule has 1 saturated heterocycles. The molecule has 9 heavy (non-hydrogen) atoms. The molecule has 52 valence electrons. The van der Waals surface area contributed by atoms with E-state index in [1.54, 1.807) is 4.58 Å². The molecule has 0 aromatic rings. The van der Waals surface area contributed by atoms with Crippen LogP contribution in [-0.4, -0.2) is 28.4 Å². The minimum absolute atomic E-state index is 0.222. The van der Waals surface area contributed by atoms with E-state index in [0.29, 0.717) is 0 Å². The molecule has 1 aliphatic rings. The molecule has 1 atom stereocenters. The fraction of sp³-hybridized carbons (Fsp3) is 0.800. The molecule has 0 bridgehead atoms. The third-order valence-corrected chi connectivity index (χ3v) is 1.55. The average molecular weight is 130 g/mol. The van der Waals surface area contributed by atoms with Gasteiger partial charge >= 0.3 is 5.96 Å². The van der Waals surface area contributed by atoms with E-state index in [2.05, 4.69) is 0 Å². The summed E-state index contributed by atoms with van der Waals surface area (Å²) in [5.41, 5.74) is 10.5. The van der Waals surface area contributed by atoms with Gasteiger partial charge in [0.25, 0.3) is 0 Å². The second-order valence-electron chi connectivity index (χ2n) is 2.24. The molecule has 0 aliphatic carbocycles. The Bertz CT molecular complexity index is 139. The lowest BCUT2D eigenvalue weighted by Crippen LogP contribution is -2.38. The van der Waals surface area contributed by atoms with Gasteiger partial charge in [-0.1, -0.05) is 0 Å². The fourth-order valence-electron chi connectivity index (χ4n) is 1.05. The summed E-state index contributed by atoms with van der Waals surface area (Å²) in [6.45, 7) is 0.781. The standard InChI is InChI=1S/C5H11N3O/c6-5(7)8-3-1-2-4(8)9/h4,9H,1-3H2,(H3,6,7)/p+1/t4-/m1/s1. The van der Waals surface area contributed by atoms with Crippen LogP contribution in [0.25, 0.3) is 0 Å². The zero-order valence-electron chi connectivity index (χ0n) is 5.25. The van der Waals surface area contributed by atoms with Crippen LogP contribution in [0, 0.1) is 0 Å².